The van der Waals surface area contributed by atoms with Gasteiger partial charge in [0.15, 0.2) is 4.88 Å². The molecule has 0 aliphatic heterocycles. The molecule has 0 atom stereocenters. The largest absolute Gasteiger partial charge is 0.492 e. The van der Waals surface area contributed by atoms with E-state index in [1.165, 1.54) is 24.2 Å². The summed E-state index contributed by atoms with van der Waals surface area (Å²) in [6.07, 6.45) is 4.53. The van der Waals surface area contributed by atoms with Crippen LogP contribution in [-0.2, 0) is 0 Å². The van der Waals surface area contributed by atoms with E-state index in [9.17, 15) is 4.79 Å². The highest BCUT2D eigenvalue weighted by Crippen LogP contribution is 2.24. The van der Waals surface area contributed by atoms with E-state index < -0.39 is 5.97 Å². The first-order chi connectivity index (χ1) is 7.25. The van der Waals surface area contributed by atoms with Crippen molar-refractivity contribution < 1.29 is 14.6 Å². The van der Waals surface area contributed by atoms with Crippen LogP contribution in [0.1, 0.15) is 42.3 Å². The fraction of sp³-hybridized carbons (Fsp3) is 0.545. The molecule has 4 heteroatoms. The maximum atomic E-state index is 10.7. The van der Waals surface area contributed by atoms with Gasteiger partial charge < -0.3 is 9.84 Å². The van der Waals surface area contributed by atoms with Crippen LogP contribution in [0.5, 0.6) is 5.75 Å². The third-order valence-corrected chi connectivity index (χ3v) is 2.96. The number of ether oxygens (including phenoxy) is 1. The summed E-state index contributed by atoms with van der Waals surface area (Å²) in [5.74, 6) is -0.405. The number of rotatable bonds is 7. The van der Waals surface area contributed by atoms with Crippen LogP contribution < -0.4 is 4.74 Å². The maximum Gasteiger partial charge on any atom is 0.349 e. The van der Waals surface area contributed by atoms with Crippen molar-refractivity contribution in [2.45, 2.75) is 32.6 Å². The molecule has 1 aromatic rings. The van der Waals surface area contributed by atoms with Gasteiger partial charge in [0.25, 0.3) is 0 Å². The van der Waals surface area contributed by atoms with Crippen molar-refractivity contribution in [2.75, 3.05) is 6.61 Å². The lowest BCUT2D eigenvalue weighted by atomic mass is 10.2. The van der Waals surface area contributed by atoms with Gasteiger partial charge >= 0.3 is 5.97 Å². The zero-order valence-electron chi connectivity index (χ0n) is 8.86. The zero-order valence-corrected chi connectivity index (χ0v) is 9.68. The lowest BCUT2D eigenvalue weighted by Gasteiger charge is -2.04. The molecule has 0 aliphatic carbocycles. The maximum absolute atomic E-state index is 10.7. The summed E-state index contributed by atoms with van der Waals surface area (Å²) >= 11 is 1.20. The van der Waals surface area contributed by atoms with Gasteiger partial charge in [-0.1, -0.05) is 26.2 Å². The van der Waals surface area contributed by atoms with Gasteiger partial charge in [-0.3, -0.25) is 0 Å². The van der Waals surface area contributed by atoms with Crippen LogP contribution in [-0.4, -0.2) is 17.7 Å². The number of aromatic carboxylic acids is 1. The van der Waals surface area contributed by atoms with E-state index in [-0.39, 0.29) is 0 Å². The normalized spacial score (nSPS) is 10.2. The van der Waals surface area contributed by atoms with Gasteiger partial charge in [-0.15, -0.1) is 11.3 Å². The highest BCUT2D eigenvalue weighted by atomic mass is 32.1. The lowest BCUT2D eigenvalue weighted by molar-refractivity contribution is 0.0698. The number of carboxylic acid groups (broad SMARTS) is 1. The van der Waals surface area contributed by atoms with Crippen molar-refractivity contribution in [1.82, 2.24) is 0 Å². The molecule has 3 nitrogen and oxygen atoms in total. The number of carbonyl (C=O) groups is 1. The van der Waals surface area contributed by atoms with E-state index >= 15 is 0 Å². The summed E-state index contributed by atoms with van der Waals surface area (Å²) in [6, 6.07) is 1.72. The Morgan fingerprint density at radius 3 is 2.93 bits per heavy atom. The molecule has 0 spiro atoms. The monoisotopic (exact) mass is 228 g/mol. The minimum absolute atomic E-state index is 0.297. The minimum atomic E-state index is -0.909. The molecule has 84 valence electrons. The topological polar surface area (TPSA) is 46.5 Å². The molecule has 0 amide bonds. The fourth-order valence-electron chi connectivity index (χ4n) is 1.28. The smallest absolute Gasteiger partial charge is 0.349 e. The predicted octanol–water partition coefficient (Wildman–Crippen LogP) is 3.41. The minimum Gasteiger partial charge on any atom is -0.492 e. The molecule has 0 saturated carbocycles. The highest BCUT2D eigenvalue weighted by molar-refractivity contribution is 7.12. The molecule has 15 heavy (non-hydrogen) atoms. The van der Waals surface area contributed by atoms with Crippen molar-refractivity contribution in [2.24, 2.45) is 0 Å². The van der Waals surface area contributed by atoms with Crippen molar-refractivity contribution >= 4 is 17.3 Å². The van der Waals surface area contributed by atoms with Gasteiger partial charge in [-0.2, -0.15) is 0 Å². The van der Waals surface area contributed by atoms with Crippen LogP contribution in [0.25, 0.3) is 0 Å². The Labute approximate surface area is 93.7 Å². The third-order valence-electron chi connectivity index (χ3n) is 2.08. The quantitative estimate of drug-likeness (QED) is 0.727. The average Bonchev–Trinajstić information content (AvgIpc) is 2.66. The van der Waals surface area contributed by atoms with Crippen LogP contribution in [0.2, 0.25) is 0 Å². The molecule has 0 saturated heterocycles. The molecular weight excluding hydrogens is 212 g/mol. The molecule has 1 N–H and O–H groups in total. The number of unbranched alkanes of at least 4 members (excludes halogenated alkanes) is 3. The van der Waals surface area contributed by atoms with Crippen LogP contribution in [0.15, 0.2) is 11.4 Å². The molecule has 1 rings (SSSR count). The summed E-state index contributed by atoms with van der Waals surface area (Å²) in [5, 5.41) is 10.6. The summed E-state index contributed by atoms with van der Waals surface area (Å²) in [5.41, 5.74) is 0. The van der Waals surface area contributed by atoms with E-state index in [4.69, 9.17) is 9.84 Å². The number of thiophene rings is 1. The summed E-state index contributed by atoms with van der Waals surface area (Å²) in [7, 11) is 0. The molecule has 0 radical (unpaired) electrons. The first-order valence-corrected chi connectivity index (χ1v) is 6.07. The summed E-state index contributed by atoms with van der Waals surface area (Å²) in [6.45, 7) is 2.76. The van der Waals surface area contributed by atoms with Crippen molar-refractivity contribution in [3.63, 3.8) is 0 Å². The van der Waals surface area contributed by atoms with Crippen molar-refractivity contribution in [3.8, 4) is 5.75 Å². The van der Waals surface area contributed by atoms with Crippen molar-refractivity contribution in [1.29, 1.82) is 0 Å². The second kappa shape index (κ2) is 6.45. The van der Waals surface area contributed by atoms with E-state index in [2.05, 4.69) is 6.92 Å². The summed E-state index contributed by atoms with van der Waals surface area (Å²) in [4.78, 5) is 11.0. The lowest BCUT2D eigenvalue weighted by Crippen LogP contribution is -2.01. The Balaban J connectivity index is 2.31. The van der Waals surface area contributed by atoms with Gasteiger partial charge in [0.1, 0.15) is 5.75 Å². The fourth-order valence-corrected chi connectivity index (χ4v) is 1.95. The number of hydrogen-bond acceptors (Lipinski definition) is 3. The van der Waals surface area contributed by atoms with Crippen molar-refractivity contribution in [3.05, 3.63) is 16.3 Å². The van der Waals surface area contributed by atoms with Gasteiger partial charge in [0.2, 0.25) is 0 Å². The molecule has 0 aliphatic rings. The SMILES string of the molecule is CCCCCCOc1ccsc1C(=O)O. The molecule has 0 bridgehead atoms. The van der Waals surface area contributed by atoms with E-state index in [0.29, 0.717) is 17.2 Å². The van der Waals surface area contributed by atoms with Crippen LogP contribution in [0.3, 0.4) is 0 Å². The average molecular weight is 228 g/mol. The molecule has 0 aromatic carbocycles. The standard InChI is InChI=1S/C11H16O3S/c1-2-3-4-5-7-14-9-6-8-15-10(9)11(12)13/h6,8H,2-5,7H2,1H3,(H,12,13). The Kier molecular flexibility index (Phi) is 5.18. The third kappa shape index (κ3) is 3.91. The van der Waals surface area contributed by atoms with Crippen LogP contribution in [0.4, 0.5) is 0 Å². The van der Waals surface area contributed by atoms with Gasteiger partial charge in [0, 0.05) is 0 Å². The second-order valence-corrected chi connectivity index (χ2v) is 4.24. The molecular formula is C11H16O3S. The van der Waals surface area contributed by atoms with Crippen LogP contribution >= 0.6 is 11.3 Å². The van der Waals surface area contributed by atoms with Crippen LogP contribution in [0, 0.1) is 0 Å². The number of hydrogen-bond donors (Lipinski definition) is 1. The molecule has 1 heterocycles. The highest BCUT2D eigenvalue weighted by Gasteiger charge is 2.12. The Bertz CT molecular complexity index is 307. The predicted molar refractivity (Wildman–Crippen MR) is 60.9 cm³/mol. The number of carboxylic acids is 1. The van der Waals surface area contributed by atoms with E-state index in [1.807, 2.05) is 0 Å². The molecule has 1 aromatic heterocycles. The van der Waals surface area contributed by atoms with Gasteiger partial charge in [0.05, 0.1) is 6.61 Å². The van der Waals surface area contributed by atoms with E-state index in [0.717, 1.165) is 12.8 Å². The molecule has 0 unspecified atom stereocenters. The van der Waals surface area contributed by atoms with E-state index in [1.54, 1.807) is 11.4 Å². The first-order valence-electron chi connectivity index (χ1n) is 5.19. The first kappa shape index (κ1) is 12.0. The Morgan fingerprint density at radius 1 is 1.47 bits per heavy atom. The zero-order chi connectivity index (χ0) is 11.1. The second-order valence-electron chi connectivity index (χ2n) is 3.33. The Hall–Kier alpha value is -1.03. The van der Waals surface area contributed by atoms with Gasteiger partial charge in [-0.05, 0) is 17.9 Å². The summed E-state index contributed by atoms with van der Waals surface area (Å²) < 4.78 is 5.41. The molecule has 0 fully saturated rings. The Morgan fingerprint density at radius 2 is 2.27 bits per heavy atom. The van der Waals surface area contributed by atoms with Gasteiger partial charge in [-0.25, -0.2) is 4.79 Å².